The zero-order chi connectivity index (χ0) is 18.7. The second-order valence-electron chi connectivity index (χ2n) is 5.98. The molecule has 8 heteroatoms. The van der Waals surface area contributed by atoms with E-state index in [0.29, 0.717) is 29.2 Å². The largest absolute Gasteiger partial charge is 0.454 e. The quantitative estimate of drug-likeness (QED) is 0.808. The van der Waals surface area contributed by atoms with Crippen LogP contribution in [0.5, 0.6) is 11.5 Å². The molecule has 2 aromatic carbocycles. The van der Waals surface area contributed by atoms with Crippen LogP contribution in [-0.4, -0.2) is 27.2 Å². The summed E-state index contributed by atoms with van der Waals surface area (Å²) < 4.78 is 37.5. The summed E-state index contributed by atoms with van der Waals surface area (Å²) in [6.07, 6.45) is 0.697. The van der Waals surface area contributed by atoms with Crippen molar-refractivity contribution in [3.05, 3.63) is 48.0 Å². The molecule has 0 saturated heterocycles. The van der Waals surface area contributed by atoms with E-state index in [1.54, 1.807) is 37.3 Å². The van der Waals surface area contributed by atoms with Crippen molar-refractivity contribution < 1.29 is 22.7 Å². The summed E-state index contributed by atoms with van der Waals surface area (Å²) in [5.74, 6) is 0.803. The number of hydrogen-bond donors (Lipinski definition) is 2. The summed E-state index contributed by atoms with van der Waals surface area (Å²) in [4.78, 5) is 12.5. The number of sulfonamides is 1. The van der Waals surface area contributed by atoms with Gasteiger partial charge in [-0.1, -0.05) is 6.92 Å². The molecule has 0 unspecified atom stereocenters. The highest BCUT2D eigenvalue weighted by atomic mass is 32.2. The Hall–Kier alpha value is -2.58. The van der Waals surface area contributed by atoms with Crippen LogP contribution in [0.25, 0.3) is 0 Å². The maximum absolute atomic E-state index is 12.3. The Morgan fingerprint density at radius 1 is 1.12 bits per heavy atom. The van der Waals surface area contributed by atoms with Crippen LogP contribution in [0.4, 0.5) is 5.69 Å². The average Bonchev–Trinajstić information content (AvgIpc) is 3.09. The van der Waals surface area contributed by atoms with Gasteiger partial charge in [0.05, 0.1) is 4.90 Å². The molecule has 3 rings (SSSR count). The second kappa shape index (κ2) is 7.35. The van der Waals surface area contributed by atoms with E-state index in [9.17, 15) is 13.2 Å². The number of carbonyl (C=O) groups is 1. The smallest absolute Gasteiger partial charge is 0.255 e. The molecule has 0 spiro atoms. The normalized spacial score (nSPS) is 14.1. The third-order valence-corrected chi connectivity index (χ3v) is 5.63. The predicted octanol–water partition coefficient (Wildman–Crippen LogP) is 2.74. The SMILES string of the molecule is CC[C@H](C)NS(=O)(=O)c1ccc(NC(=O)c2ccc3c(c2)OCO3)cc1. The molecule has 26 heavy (non-hydrogen) atoms. The Balaban J connectivity index is 1.70. The minimum atomic E-state index is -3.57. The van der Waals surface area contributed by atoms with Gasteiger partial charge in [-0.2, -0.15) is 0 Å². The molecule has 0 saturated carbocycles. The van der Waals surface area contributed by atoms with E-state index in [-0.39, 0.29) is 23.6 Å². The van der Waals surface area contributed by atoms with Crippen LogP contribution in [0, 0.1) is 0 Å². The summed E-state index contributed by atoms with van der Waals surface area (Å²) in [5, 5.41) is 2.73. The number of rotatable bonds is 6. The van der Waals surface area contributed by atoms with Crippen molar-refractivity contribution >= 4 is 21.6 Å². The number of hydrogen-bond acceptors (Lipinski definition) is 5. The number of nitrogens with one attached hydrogen (secondary N) is 2. The second-order valence-corrected chi connectivity index (χ2v) is 7.69. The molecule has 138 valence electrons. The lowest BCUT2D eigenvalue weighted by atomic mass is 10.2. The Morgan fingerprint density at radius 2 is 1.81 bits per heavy atom. The van der Waals surface area contributed by atoms with Gasteiger partial charge in [-0.05, 0) is 55.8 Å². The highest BCUT2D eigenvalue weighted by Gasteiger charge is 2.18. The van der Waals surface area contributed by atoms with Crippen molar-refractivity contribution in [2.45, 2.75) is 31.2 Å². The van der Waals surface area contributed by atoms with Crippen LogP contribution in [0.2, 0.25) is 0 Å². The molecule has 2 aromatic rings. The first kappa shape index (κ1) is 18.2. The summed E-state index contributed by atoms with van der Waals surface area (Å²) in [7, 11) is -3.57. The fourth-order valence-electron chi connectivity index (χ4n) is 2.37. The standard InChI is InChI=1S/C18H20N2O5S/c1-3-12(2)20-26(22,23)15-7-5-14(6-8-15)19-18(21)13-4-9-16-17(10-13)25-11-24-16/h4-10,12,20H,3,11H2,1-2H3,(H,19,21)/t12-/m0/s1. The maximum Gasteiger partial charge on any atom is 0.255 e. The molecule has 0 bridgehead atoms. The molecule has 7 nitrogen and oxygen atoms in total. The van der Waals surface area contributed by atoms with Crippen molar-refractivity contribution in [3.63, 3.8) is 0 Å². The minimum Gasteiger partial charge on any atom is -0.454 e. The van der Waals surface area contributed by atoms with Gasteiger partial charge in [-0.25, -0.2) is 13.1 Å². The van der Waals surface area contributed by atoms with E-state index in [1.807, 2.05) is 6.92 Å². The van der Waals surface area contributed by atoms with Gasteiger partial charge < -0.3 is 14.8 Å². The Labute approximate surface area is 152 Å². The zero-order valence-corrected chi connectivity index (χ0v) is 15.3. The van der Waals surface area contributed by atoms with Crippen LogP contribution in [0.1, 0.15) is 30.6 Å². The van der Waals surface area contributed by atoms with Gasteiger partial charge in [-0.15, -0.1) is 0 Å². The van der Waals surface area contributed by atoms with Crippen LogP contribution in [-0.2, 0) is 10.0 Å². The molecule has 2 N–H and O–H groups in total. The van der Waals surface area contributed by atoms with E-state index in [1.165, 1.54) is 12.1 Å². The Kier molecular flexibility index (Phi) is 5.15. The molecule has 1 atom stereocenters. The van der Waals surface area contributed by atoms with Gasteiger partial charge in [0.2, 0.25) is 16.8 Å². The molecular weight excluding hydrogens is 356 g/mol. The van der Waals surface area contributed by atoms with E-state index in [2.05, 4.69) is 10.0 Å². The number of ether oxygens (including phenoxy) is 2. The fourth-order valence-corrected chi connectivity index (χ4v) is 3.70. The minimum absolute atomic E-state index is 0.140. The highest BCUT2D eigenvalue weighted by Crippen LogP contribution is 2.32. The summed E-state index contributed by atoms with van der Waals surface area (Å²) in [5.41, 5.74) is 0.916. The molecule has 1 heterocycles. The van der Waals surface area contributed by atoms with E-state index in [0.717, 1.165) is 0 Å². The third-order valence-electron chi connectivity index (χ3n) is 4.03. The Morgan fingerprint density at radius 3 is 2.50 bits per heavy atom. The molecular formula is C18H20N2O5S. The highest BCUT2D eigenvalue weighted by molar-refractivity contribution is 7.89. The van der Waals surface area contributed by atoms with E-state index in [4.69, 9.17) is 9.47 Å². The number of fused-ring (bicyclic) bond motifs is 1. The van der Waals surface area contributed by atoms with E-state index >= 15 is 0 Å². The van der Waals surface area contributed by atoms with Crippen molar-refractivity contribution in [2.75, 3.05) is 12.1 Å². The van der Waals surface area contributed by atoms with Gasteiger partial charge in [0.1, 0.15) is 0 Å². The molecule has 1 aliphatic heterocycles. The third kappa shape index (κ3) is 3.97. The number of amides is 1. The van der Waals surface area contributed by atoms with Gasteiger partial charge in [-0.3, -0.25) is 4.79 Å². The molecule has 0 fully saturated rings. The zero-order valence-electron chi connectivity index (χ0n) is 14.5. The lowest BCUT2D eigenvalue weighted by molar-refractivity contribution is 0.102. The fraction of sp³-hybridized carbons (Fsp3) is 0.278. The van der Waals surface area contributed by atoms with Crippen LogP contribution >= 0.6 is 0 Å². The van der Waals surface area contributed by atoms with Crippen LogP contribution < -0.4 is 19.5 Å². The Bertz CT molecular complexity index is 910. The monoisotopic (exact) mass is 376 g/mol. The average molecular weight is 376 g/mol. The first-order valence-corrected chi connectivity index (χ1v) is 9.71. The summed E-state index contributed by atoms with van der Waals surface area (Å²) >= 11 is 0. The topological polar surface area (TPSA) is 93.7 Å². The molecule has 1 aliphatic rings. The van der Waals surface area contributed by atoms with Gasteiger partial charge >= 0.3 is 0 Å². The number of anilines is 1. The first-order chi connectivity index (χ1) is 12.4. The lowest BCUT2D eigenvalue weighted by Gasteiger charge is -2.12. The lowest BCUT2D eigenvalue weighted by Crippen LogP contribution is -2.31. The first-order valence-electron chi connectivity index (χ1n) is 8.22. The summed E-state index contributed by atoms with van der Waals surface area (Å²) in [6.45, 7) is 3.85. The number of carbonyl (C=O) groups excluding carboxylic acids is 1. The van der Waals surface area contributed by atoms with Crippen LogP contribution in [0.3, 0.4) is 0 Å². The molecule has 1 amide bonds. The maximum atomic E-state index is 12.3. The van der Waals surface area contributed by atoms with Crippen molar-refractivity contribution in [3.8, 4) is 11.5 Å². The summed E-state index contributed by atoms with van der Waals surface area (Å²) in [6, 6.07) is 10.8. The van der Waals surface area contributed by atoms with Crippen molar-refractivity contribution in [2.24, 2.45) is 0 Å². The van der Waals surface area contributed by atoms with Gasteiger partial charge in [0.25, 0.3) is 5.91 Å². The van der Waals surface area contributed by atoms with Crippen LogP contribution in [0.15, 0.2) is 47.4 Å². The molecule has 0 aliphatic carbocycles. The number of benzene rings is 2. The predicted molar refractivity (Wildman–Crippen MR) is 97.0 cm³/mol. The van der Waals surface area contributed by atoms with Gasteiger partial charge in [0, 0.05) is 17.3 Å². The van der Waals surface area contributed by atoms with Crippen molar-refractivity contribution in [1.29, 1.82) is 0 Å². The van der Waals surface area contributed by atoms with E-state index < -0.39 is 10.0 Å². The molecule has 0 aromatic heterocycles. The molecule has 0 radical (unpaired) electrons. The van der Waals surface area contributed by atoms with Gasteiger partial charge in [0.15, 0.2) is 11.5 Å². The van der Waals surface area contributed by atoms with Crippen molar-refractivity contribution in [1.82, 2.24) is 4.72 Å².